The first-order valence-corrected chi connectivity index (χ1v) is 10.7. The van der Waals surface area contributed by atoms with Gasteiger partial charge in [0.25, 0.3) is 0 Å². The molecule has 5 nitrogen and oxygen atoms in total. The monoisotopic (exact) mass is 403 g/mol. The number of anilines is 2. The third-order valence-corrected chi connectivity index (χ3v) is 6.18. The highest BCUT2D eigenvalue weighted by atomic mass is 16.2. The molecule has 0 saturated heterocycles. The summed E-state index contributed by atoms with van der Waals surface area (Å²) in [5, 5.41) is 2.97. The Morgan fingerprint density at radius 3 is 2.73 bits per heavy atom. The van der Waals surface area contributed by atoms with Crippen molar-refractivity contribution >= 4 is 34.6 Å². The third-order valence-electron chi connectivity index (χ3n) is 6.18. The molecule has 0 unspecified atom stereocenters. The average Bonchev–Trinajstić information content (AvgIpc) is 3.13. The topological polar surface area (TPSA) is 61.8 Å². The summed E-state index contributed by atoms with van der Waals surface area (Å²) in [4.78, 5) is 32.8. The van der Waals surface area contributed by atoms with Crippen LogP contribution in [-0.4, -0.2) is 24.1 Å². The second kappa shape index (κ2) is 8.05. The SMILES string of the molecule is Cc1cc2c(cc1C)N(CC(=O)Nc1cccc(C(C)C)c1)C(=O)[C@H]1CCCC1=N2. The number of benzene rings is 2. The van der Waals surface area contributed by atoms with Gasteiger partial charge in [-0.05, 0) is 80.0 Å². The molecule has 1 N–H and O–H groups in total. The van der Waals surface area contributed by atoms with Gasteiger partial charge in [0.05, 0.1) is 17.3 Å². The number of aliphatic imine (C=N–C) groups is 1. The Kier molecular flexibility index (Phi) is 5.46. The molecule has 156 valence electrons. The zero-order chi connectivity index (χ0) is 21.4. The van der Waals surface area contributed by atoms with Crippen LogP contribution in [0.25, 0.3) is 0 Å². The summed E-state index contributed by atoms with van der Waals surface area (Å²) in [6.45, 7) is 8.30. The Morgan fingerprint density at radius 1 is 1.20 bits per heavy atom. The number of aryl methyl sites for hydroxylation is 2. The minimum atomic E-state index is -0.213. The highest BCUT2D eigenvalue weighted by Gasteiger charge is 2.37. The number of fused-ring (bicyclic) bond motifs is 2. The maximum Gasteiger partial charge on any atom is 0.244 e. The number of nitrogens with zero attached hydrogens (tertiary/aromatic N) is 2. The van der Waals surface area contributed by atoms with Crippen LogP contribution in [0, 0.1) is 19.8 Å². The predicted octanol–water partition coefficient (Wildman–Crippen LogP) is 5.28. The van der Waals surface area contributed by atoms with Gasteiger partial charge in [-0.15, -0.1) is 0 Å². The van der Waals surface area contributed by atoms with Crippen LogP contribution < -0.4 is 10.2 Å². The van der Waals surface area contributed by atoms with Gasteiger partial charge in [-0.3, -0.25) is 14.6 Å². The van der Waals surface area contributed by atoms with Crippen LogP contribution in [0.3, 0.4) is 0 Å². The first-order chi connectivity index (χ1) is 14.3. The molecule has 1 aliphatic heterocycles. The molecule has 5 heteroatoms. The summed E-state index contributed by atoms with van der Waals surface area (Å²) in [5.41, 5.74) is 6.63. The minimum absolute atomic E-state index is 0.0143. The molecule has 2 aromatic carbocycles. The van der Waals surface area contributed by atoms with Crippen molar-refractivity contribution in [2.24, 2.45) is 10.9 Å². The normalized spacial score (nSPS) is 18.0. The van der Waals surface area contributed by atoms with Crippen LogP contribution in [0.4, 0.5) is 17.1 Å². The summed E-state index contributed by atoms with van der Waals surface area (Å²) >= 11 is 0. The molecular formula is C25H29N3O2. The maximum absolute atomic E-state index is 13.4. The molecule has 0 spiro atoms. The van der Waals surface area contributed by atoms with Gasteiger partial charge in [0.2, 0.25) is 11.8 Å². The smallest absolute Gasteiger partial charge is 0.244 e. The Bertz CT molecular complexity index is 1040. The Labute approximate surface area is 178 Å². The van der Waals surface area contributed by atoms with Gasteiger partial charge in [0.1, 0.15) is 6.54 Å². The average molecular weight is 404 g/mol. The second-order valence-corrected chi connectivity index (χ2v) is 8.73. The molecule has 1 atom stereocenters. The number of carbonyl (C=O) groups excluding carboxylic acids is 2. The van der Waals surface area contributed by atoms with Crippen molar-refractivity contribution < 1.29 is 9.59 Å². The zero-order valence-corrected chi connectivity index (χ0v) is 18.2. The molecule has 0 bridgehead atoms. The lowest BCUT2D eigenvalue weighted by molar-refractivity contribution is -0.122. The standard InChI is InChI=1S/C25H29N3O2/c1-15(2)18-7-5-8-19(13-18)26-24(29)14-28-23-12-17(4)16(3)11-22(23)27-21-10-6-9-20(21)25(28)30/h5,7-8,11-13,15,20H,6,9-10,14H2,1-4H3,(H,26,29)/t20-/m0/s1. The number of carbonyl (C=O) groups is 2. The van der Waals surface area contributed by atoms with Crippen LogP contribution in [0.15, 0.2) is 41.4 Å². The lowest BCUT2D eigenvalue weighted by Crippen LogP contribution is -2.42. The largest absolute Gasteiger partial charge is 0.325 e. The zero-order valence-electron chi connectivity index (χ0n) is 18.2. The van der Waals surface area contributed by atoms with Crippen molar-refractivity contribution in [1.82, 2.24) is 0 Å². The number of hydrogen-bond acceptors (Lipinski definition) is 3. The summed E-state index contributed by atoms with van der Waals surface area (Å²) in [6, 6.07) is 11.9. The van der Waals surface area contributed by atoms with Crippen LogP contribution in [-0.2, 0) is 9.59 Å². The lowest BCUT2D eigenvalue weighted by atomic mass is 10.0. The van der Waals surface area contributed by atoms with Gasteiger partial charge in [0, 0.05) is 11.4 Å². The third kappa shape index (κ3) is 3.89. The quantitative estimate of drug-likeness (QED) is 0.754. The Morgan fingerprint density at radius 2 is 1.97 bits per heavy atom. The molecule has 30 heavy (non-hydrogen) atoms. The van der Waals surface area contributed by atoms with Crippen LogP contribution in [0.1, 0.15) is 55.7 Å². The van der Waals surface area contributed by atoms with E-state index in [0.29, 0.717) is 5.92 Å². The number of rotatable bonds is 4. The van der Waals surface area contributed by atoms with Crippen LogP contribution >= 0.6 is 0 Å². The van der Waals surface area contributed by atoms with Gasteiger partial charge in [0.15, 0.2) is 0 Å². The van der Waals surface area contributed by atoms with Crippen LogP contribution in [0.5, 0.6) is 0 Å². The number of hydrogen-bond donors (Lipinski definition) is 1. The van der Waals surface area contributed by atoms with E-state index >= 15 is 0 Å². The van der Waals surface area contributed by atoms with Crippen molar-refractivity contribution in [3.8, 4) is 0 Å². The van der Waals surface area contributed by atoms with Gasteiger partial charge >= 0.3 is 0 Å². The van der Waals surface area contributed by atoms with E-state index in [1.54, 1.807) is 4.90 Å². The van der Waals surface area contributed by atoms with Crippen molar-refractivity contribution in [2.75, 3.05) is 16.8 Å². The second-order valence-electron chi connectivity index (χ2n) is 8.73. The fourth-order valence-electron chi connectivity index (χ4n) is 4.26. The summed E-state index contributed by atoms with van der Waals surface area (Å²) in [5.74, 6) is -0.0469. The fourth-order valence-corrected chi connectivity index (χ4v) is 4.26. The van der Waals surface area contributed by atoms with Gasteiger partial charge in [-0.2, -0.15) is 0 Å². The fraction of sp³-hybridized carbons (Fsp3) is 0.400. The molecular weight excluding hydrogens is 374 g/mol. The molecule has 2 aliphatic rings. The number of nitrogens with one attached hydrogen (secondary N) is 1. The molecule has 4 rings (SSSR count). The maximum atomic E-state index is 13.4. The van der Waals surface area contributed by atoms with E-state index in [1.165, 1.54) is 5.56 Å². The van der Waals surface area contributed by atoms with E-state index in [9.17, 15) is 9.59 Å². The van der Waals surface area contributed by atoms with E-state index in [0.717, 1.165) is 53.2 Å². The molecule has 2 aromatic rings. The van der Waals surface area contributed by atoms with E-state index in [-0.39, 0.29) is 24.3 Å². The molecule has 1 heterocycles. The van der Waals surface area contributed by atoms with Crippen molar-refractivity contribution in [2.45, 2.75) is 52.9 Å². The van der Waals surface area contributed by atoms with E-state index in [1.807, 2.05) is 44.2 Å². The van der Waals surface area contributed by atoms with Gasteiger partial charge in [-0.25, -0.2) is 0 Å². The van der Waals surface area contributed by atoms with Crippen molar-refractivity contribution in [1.29, 1.82) is 0 Å². The molecule has 1 saturated carbocycles. The summed E-state index contributed by atoms with van der Waals surface area (Å²) < 4.78 is 0. The molecule has 0 radical (unpaired) electrons. The predicted molar refractivity (Wildman–Crippen MR) is 122 cm³/mol. The van der Waals surface area contributed by atoms with E-state index in [2.05, 4.69) is 25.2 Å². The Balaban J connectivity index is 1.63. The van der Waals surface area contributed by atoms with Crippen molar-refractivity contribution in [3.63, 3.8) is 0 Å². The molecule has 1 aliphatic carbocycles. The first kappa shape index (κ1) is 20.3. The first-order valence-electron chi connectivity index (χ1n) is 10.7. The lowest BCUT2D eigenvalue weighted by Gasteiger charge is -2.25. The van der Waals surface area contributed by atoms with Crippen molar-refractivity contribution in [3.05, 3.63) is 53.1 Å². The molecule has 1 fully saturated rings. The van der Waals surface area contributed by atoms with Crippen LogP contribution in [0.2, 0.25) is 0 Å². The van der Waals surface area contributed by atoms with Gasteiger partial charge in [-0.1, -0.05) is 26.0 Å². The summed E-state index contributed by atoms with van der Waals surface area (Å²) in [7, 11) is 0. The highest BCUT2D eigenvalue weighted by Crippen LogP contribution is 2.39. The minimum Gasteiger partial charge on any atom is -0.325 e. The number of amides is 2. The van der Waals surface area contributed by atoms with E-state index in [4.69, 9.17) is 4.99 Å². The Hall–Kier alpha value is -2.95. The summed E-state index contributed by atoms with van der Waals surface area (Å²) in [6.07, 6.45) is 2.63. The van der Waals surface area contributed by atoms with E-state index < -0.39 is 0 Å². The molecule has 0 aromatic heterocycles. The molecule has 2 amide bonds. The highest BCUT2D eigenvalue weighted by molar-refractivity contribution is 6.16. The van der Waals surface area contributed by atoms with Gasteiger partial charge < -0.3 is 10.2 Å².